The van der Waals surface area contributed by atoms with E-state index in [9.17, 15) is 0 Å². The van der Waals surface area contributed by atoms with Gasteiger partial charge in [0.25, 0.3) is 0 Å². The van der Waals surface area contributed by atoms with Gasteiger partial charge in [-0.3, -0.25) is 0 Å². The van der Waals surface area contributed by atoms with Crippen LogP contribution in [-0.2, 0) is 4.84 Å². The Balaban J connectivity index is 2.60. The summed E-state index contributed by atoms with van der Waals surface area (Å²) < 4.78 is 5.36. The number of hydrogen-bond donors (Lipinski definition) is 1. The molecule has 0 saturated carbocycles. The van der Waals surface area contributed by atoms with Crippen LogP contribution in [0.1, 0.15) is 24.4 Å². The van der Waals surface area contributed by atoms with Crippen molar-refractivity contribution in [3.8, 4) is 0 Å². The van der Waals surface area contributed by atoms with Crippen LogP contribution in [0.15, 0.2) is 16.5 Å². The first kappa shape index (κ1) is 8.30. The van der Waals surface area contributed by atoms with Crippen LogP contribution in [0.3, 0.4) is 0 Å². The summed E-state index contributed by atoms with van der Waals surface area (Å²) in [5, 5.41) is 0. The quantitative estimate of drug-likeness (QED) is 0.674. The van der Waals surface area contributed by atoms with Crippen LogP contribution < -0.4 is 5.90 Å². The predicted octanol–water partition coefficient (Wildman–Crippen LogP) is 1.58. The van der Waals surface area contributed by atoms with Crippen molar-refractivity contribution < 1.29 is 9.25 Å². The van der Waals surface area contributed by atoms with Gasteiger partial charge in [0, 0.05) is 5.92 Å². The molecular formula is C8H13NO2. The van der Waals surface area contributed by atoms with E-state index in [0.29, 0.717) is 6.61 Å². The second-order valence-corrected chi connectivity index (χ2v) is 2.68. The lowest BCUT2D eigenvalue weighted by Gasteiger charge is -2.04. The summed E-state index contributed by atoms with van der Waals surface area (Å²) in [6.45, 7) is 4.41. The van der Waals surface area contributed by atoms with Gasteiger partial charge < -0.3 is 9.25 Å². The molecule has 1 heterocycles. The minimum Gasteiger partial charge on any atom is -0.466 e. The largest absolute Gasteiger partial charge is 0.466 e. The molecule has 3 heteroatoms. The average Bonchev–Trinajstić information content (AvgIpc) is 2.36. The first-order chi connectivity index (χ1) is 5.24. The zero-order valence-electron chi connectivity index (χ0n) is 6.83. The van der Waals surface area contributed by atoms with E-state index in [4.69, 9.17) is 10.3 Å². The molecule has 0 saturated heterocycles. The van der Waals surface area contributed by atoms with E-state index < -0.39 is 0 Å². The normalized spacial score (nSPS) is 13.4. The summed E-state index contributed by atoms with van der Waals surface area (Å²) in [7, 11) is 0. The summed E-state index contributed by atoms with van der Waals surface area (Å²) >= 11 is 0. The van der Waals surface area contributed by atoms with Crippen LogP contribution in [0.25, 0.3) is 0 Å². The average molecular weight is 155 g/mol. The van der Waals surface area contributed by atoms with Gasteiger partial charge in [0.2, 0.25) is 0 Å². The first-order valence-electron chi connectivity index (χ1n) is 3.62. The third-order valence-corrected chi connectivity index (χ3v) is 1.59. The highest BCUT2D eigenvalue weighted by Crippen LogP contribution is 2.17. The molecule has 62 valence electrons. The van der Waals surface area contributed by atoms with Gasteiger partial charge in [0.15, 0.2) is 0 Å². The maximum absolute atomic E-state index is 5.36. The molecule has 1 aromatic rings. The Bertz CT molecular complexity index is 220. The SMILES string of the molecule is Cc1ccc(C(C)CON)o1. The Morgan fingerprint density at radius 1 is 1.64 bits per heavy atom. The zero-order valence-corrected chi connectivity index (χ0v) is 6.83. The highest BCUT2D eigenvalue weighted by Gasteiger charge is 2.08. The van der Waals surface area contributed by atoms with E-state index in [1.807, 2.05) is 26.0 Å². The molecule has 0 spiro atoms. The van der Waals surface area contributed by atoms with Gasteiger partial charge >= 0.3 is 0 Å². The van der Waals surface area contributed by atoms with Crippen molar-refractivity contribution in [2.75, 3.05) is 6.61 Å². The maximum atomic E-state index is 5.36. The van der Waals surface area contributed by atoms with Gasteiger partial charge in [-0.1, -0.05) is 6.92 Å². The van der Waals surface area contributed by atoms with Gasteiger partial charge in [-0.25, -0.2) is 5.90 Å². The number of aryl methyl sites for hydroxylation is 1. The lowest BCUT2D eigenvalue weighted by Crippen LogP contribution is -2.07. The molecule has 2 N–H and O–H groups in total. The molecule has 0 bridgehead atoms. The molecular weight excluding hydrogens is 142 g/mol. The third kappa shape index (κ3) is 2.06. The van der Waals surface area contributed by atoms with Crippen LogP contribution in [0.5, 0.6) is 0 Å². The number of nitrogens with two attached hydrogens (primary N) is 1. The molecule has 0 aliphatic rings. The summed E-state index contributed by atoms with van der Waals surface area (Å²) in [6.07, 6.45) is 0. The zero-order chi connectivity index (χ0) is 8.27. The second-order valence-electron chi connectivity index (χ2n) is 2.68. The molecule has 11 heavy (non-hydrogen) atoms. The van der Waals surface area contributed by atoms with Crippen molar-refractivity contribution in [1.82, 2.24) is 0 Å². The van der Waals surface area contributed by atoms with Gasteiger partial charge in [-0.05, 0) is 19.1 Å². The Morgan fingerprint density at radius 3 is 2.82 bits per heavy atom. The van der Waals surface area contributed by atoms with Crippen molar-refractivity contribution in [3.05, 3.63) is 23.7 Å². The van der Waals surface area contributed by atoms with Crippen molar-refractivity contribution in [3.63, 3.8) is 0 Å². The van der Waals surface area contributed by atoms with Crippen LogP contribution in [0.2, 0.25) is 0 Å². The van der Waals surface area contributed by atoms with E-state index in [0.717, 1.165) is 11.5 Å². The molecule has 1 rings (SSSR count). The lowest BCUT2D eigenvalue weighted by molar-refractivity contribution is 0.121. The fraction of sp³-hybridized carbons (Fsp3) is 0.500. The molecule has 0 aromatic carbocycles. The smallest absolute Gasteiger partial charge is 0.109 e. The van der Waals surface area contributed by atoms with E-state index in [-0.39, 0.29) is 5.92 Å². The van der Waals surface area contributed by atoms with E-state index in [2.05, 4.69) is 4.84 Å². The molecule has 1 aromatic heterocycles. The van der Waals surface area contributed by atoms with Crippen molar-refractivity contribution in [2.24, 2.45) is 5.90 Å². The van der Waals surface area contributed by atoms with Gasteiger partial charge in [-0.2, -0.15) is 0 Å². The maximum Gasteiger partial charge on any atom is 0.109 e. The van der Waals surface area contributed by atoms with Gasteiger partial charge in [0.05, 0.1) is 6.61 Å². The molecule has 0 amide bonds. The summed E-state index contributed by atoms with van der Waals surface area (Å²) in [5.74, 6) is 7.01. The number of furan rings is 1. The van der Waals surface area contributed by atoms with Crippen LogP contribution in [-0.4, -0.2) is 6.61 Å². The second kappa shape index (κ2) is 3.55. The van der Waals surface area contributed by atoms with E-state index in [1.54, 1.807) is 0 Å². The molecule has 0 aliphatic carbocycles. The Hall–Kier alpha value is -0.800. The summed E-state index contributed by atoms with van der Waals surface area (Å²) in [4.78, 5) is 4.51. The van der Waals surface area contributed by atoms with Gasteiger partial charge in [-0.15, -0.1) is 0 Å². The van der Waals surface area contributed by atoms with Crippen LogP contribution >= 0.6 is 0 Å². The molecule has 1 atom stereocenters. The van der Waals surface area contributed by atoms with E-state index >= 15 is 0 Å². The fourth-order valence-corrected chi connectivity index (χ4v) is 0.945. The summed E-state index contributed by atoms with van der Waals surface area (Å²) in [6, 6.07) is 3.88. The minimum absolute atomic E-state index is 0.230. The molecule has 0 radical (unpaired) electrons. The molecule has 0 aliphatic heterocycles. The monoisotopic (exact) mass is 155 g/mol. The number of hydrogen-bond acceptors (Lipinski definition) is 3. The minimum atomic E-state index is 0.230. The van der Waals surface area contributed by atoms with Gasteiger partial charge in [0.1, 0.15) is 11.5 Å². The predicted molar refractivity (Wildman–Crippen MR) is 42.0 cm³/mol. The Morgan fingerprint density at radius 2 is 2.36 bits per heavy atom. The van der Waals surface area contributed by atoms with E-state index in [1.165, 1.54) is 0 Å². The van der Waals surface area contributed by atoms with Crippen LogP contribution in [0.4, 0.5) is 0 Å². The third-order valence-electron chi connectivity index (χ3n) is 1.59. The Kier molecular flexibility index (Phi) is 2.68. The highest BCUT2D eigenvalue weighted by atomic mass is 16.6. The standard InChI is InChI=1S/C8H13NO2/c1-6(5-10-9)8-4-3-7(2)11-8/h3-4,6H,5,9H2,1-2H3. The van der Waals surface area contributed by atoms with Crippen molar-refractivity contribution in [2.45, 2.75) is 19.8 Å². The topological polar surface area (TPSA) is 48.4 Å². The number of rotatable bonds is 3. The fourth-order valence-electron chi connectivity index (χ4n) is 0.945. The molecule has 1 unspecified atom stereocenters. The van der Waals surface area contributed by atoms with Crippen molar-refractivity contribution in [1.29, 1.82) is 0 Å². The Labute approximate surface area is 66.1 Å². The summed E-state index contributed by atoms with van der Waals surface area (Å²) in [5.41, 5.74) is 0. The lowest BCUT2D eigenvalue weighted by atomic mass is 10.1. The first-order valence-corrected chi connectivity index (χ1v) is 3.62. The molecule has 0 fully saturated rings. The highest BCUT2D eigenvalue weighted by molar-refractivity contribution is 5.09. The van der Waals surface area contributed by atoms with Crippen molar-refractivity contribution >= 4 is 0 Å². The molecule has 3 nitrogen and oxygen atoms in total. The van der Waals surface area contributed by atoms with Crippen LogP contribution in [0, 0.1) is 6.92 Å².